The standard InChI is InChI=1S/C17H22O6/c18-14-10-3-1-8(6-12(10)16(20)22-14)5-9-2-4-11-13(7-9)17(21)23-15(11)19/h8-13,16,20H,1-7H2. The first-order valence-corrected chi connectivity index (χ1v) is 8.67. The van der Waals surface area contributed by atoms with Gasteiger partial charge in [0.15, 0.2) is 0 Å². The molecule has 6 nitrogen and oxygen atoms in total. The van der Waals surface area contributed by atoms with Crippen LogP contribution in [-0.2, 0) is 23.9 Å². The molecule has 0 bridgehead atoms. The topological polar surface area (TPSA) is 89.9 Å². The molecule has 7 atom stereocenters. The van der Waals surface area contributed by atoms with E-state index < -0.39 is 6.29 Å². The first-order valence-electron chi connectivity index (χ1n) is 8.67. The van der Waals surface area contributed by atoms with Gasteiger partial charge in [-0.1, -0.05) is 0 Å². The van der Waals surface area contributed by atoms with E-state index in [-0.39, 0.29) is 41.6 Å². The van der Waals surface area contributed by atoms with Gasteiger partial charge in [0.25, 0.3) is 0 Å². The van der Waals surface area contributed by atoms with Crippen molar-refractivity contribution in [2.75, 3.05) is 0 Å². The number of ether oxygens (including phenoxy) is 2. The lowest BCUT2D eigenvalue weighted by molar-refractivity contribution is -0.157. The second-order valence-corrected chi connectivity index (χ2v) is 7.64. The molecule has 0 amide bonds. The first kappa shape index (κ1) is 15.1. The van der Waals surface area contributed by atoms with Crippen LogP contribution in [0.25, 0.3) is 0 Å². The summed E-state index contributed by atoms with van der Waals surface area (Å²) in [5.74, 6) is -0.760. The second kappa shape index (κ2) is 5.58. The minimum atomic E-state index is -0.950. The third-order valence-electron chi connectivity index (χ3n) is 6.35. The maximum Gasteiger partial charge on any atom is 0.317 e. The van der Waals surface area contributed by atoms with Gasteiger partial charge in [-0.3, -0.25) is 14.4 Å². The zero-order valence-corrected chi connectivity index (χ0v) is 13.0. The predicted molar refractivity (Wildman–Crippen MR) is 76.5 cm³/mol. The molecule has 23 heavy (non-hydrogen) atoms. The van der Waals surface area contributed by atoms with Crippen molar-refractivity contribution in [2.24, 2.45) is 35.5 Å². The van der Waals surface area contributed by atoms with Gasteiger partial charge in [-0.2, -0.15) is 0 Å². The van der Waals surface area contributed by atoms with Gasteiger partial charge in [0, 0.05) is 5.92 Å². The Morgan fingerprint density at radius 2 is 1.48 bits per heavy atom. The molecule has 0 spiro atoms. The Bertz CT molecular complexity index is 543. The highest BCUT2D eigenvalue weighted by atomic mass is 16.6. The average molecular weight is 322 g/mol. The number of fused-ring (bicyclic) bond motifs is 2. The Morgan fingerprint density at radius 3 is 2.26 bits per heavy atom. The van der Waals surface area contributed by atoms with Crippen molar-refractivity contribution in [1.29, 1.82) is 0 Å². The lowest BCUT2D eigenvalue weighted by atomic mass is 9.68. The minimum absolute atomic E-state index is 0.0735. The summed E-state index contributed by atoms with van der Waals surface area (Å²) in [5, 5.41) is 9.86. The summed E-state index contributed by atoms with van der Waals surface area (Å²) >= 11 is 0. The van der Waals surface area contributed by atoms with Gasteiger partial charge < -0.3 is 14.6 Å². The van der Waals surface area contributed by atoms with E-state index in [0.29, 0.717) is 11.8 Å². The van der Waals surface area contributed by atoms with E-state index in [2.05, 4.69) is 0 Å². The monoisotopic (exact) mass is 322 g/mol. The van der Waals surface area contributed by atoms with Crippen LogP contribution >= 0.6 is 0 Å². The van der Waals surface area contributed by atoms with Gasteiger partial charge in [0.05, 0.1) is 17.8 Å². The van der Waals surface area contributed by atoms with Crippen molar-refractivity contribution in [3.05, 3.63) is 0 Å². The number of hydrogen-bond acceptors (Lipinski definition) is 6. The Kier molecular flexibility index (Phi) is 3.67. The molecule has 2 saturated heterocycles. The van der Waals surface area contributed by atoms with Gasteiger partial charge in [-0.05, 0) is 56.8 Å². The van der Waals surface area contributed by atoms with Crippen molar-refractivity contribution in [3.8, 4) is 0 Å². The largest absolute Gasteiger partial charge is 0.435 e. The van der Waals surface area contributed by atoms with Gasteiger partial charge in [-0.15, -0.1) is 0 Å². The smallest absolute Gasteiger partial charge is 0.317 e. The lowest BCUT2D eigenvalue weighted by Crippen LogP contribution is -2.32. The fourth-order valence-corrected chi connectivity index (χ4v) is 5.15. The molecule has 2 aliphatic heterocycles. The second-order valence-electron chi connectivity index (χ2n) is 7.64. The third-order valence-corrected chi connectivity index (χ3v) is 6.35. The minimum Gasteiger partial charge on any atom is -0.435 e. The van der Waals surface area contributed by atoms with Crippen LogP contribution in [0.15, 0.2) is 0 Å². The zero-order chi connectivity index (χ0) is 16.1. The molecular weight excluding hydrogens is 300 g/mol. The summed E-state index contributed by atoms with van der Waals surface area (Å²) in [6, 6.07) is 0. The maximum absolute atomic E-state index is 11.8. The van der Waals surface area contributed by atoms with E-state index in [9.17, 15) is 19.5 Å². The molecule has 4 fully saturated rings. The number of carbonyl (C=O) groups excluding carboxylic acids is 3. The highest BCUT2D eigenvalue weighted by Crippen LogP contribution is 2.46. The molecular formula is C17H22O6. The van der Waals surface area contributed by atoms with Crippen molar-refractivity contribution in [1.82, 2.24) is 0 Å². The number of cyclic esters (lactones) is 3. The molecule has 4 aliphatic rings. The fourth-order valence-electron chi connectivity index (χ4n) is 5.15. The molecule has 4 rings (SSSR count). The number of rotatable bonds is 2. The van der Waals surface area contributed by atoms with Gasteiger partial charge in [0.2, 0.25) is 6.29 Å². The Hall–Kier alpha value is -1.43. The summed E-state index contributed by atoms with van der Waals surface area (Å²) in [4.78, 5) is 35.0. The predicted octanol–water partition coefficient (Wildman–Crippen LogP) is 1.40. The van der Waals surface area contributed by atoms with Crippen LogP contribution in [-0.4, -0.2) is 29.3 Å². The quantitative estimate of drug-likeness (QED) is 0.610. The molecule has 1 N–H and O–H groups in total. The average Bonchev–Trinajstić information content (AvgIpc) is 2.96. The highest BCUT2D eigenvalue weighted by Gasteiger charge is 2.50. The molecule has 7 unspecified atom stereocenters. The summed E-state index contributed by atoms with van der Waals surface area (Å²) in [7, 11) is 0. The molecule has 2 saturated carbocycles. The van der Waals surface area contributed by atoms with Crippen molar-refractivity contribution < 1.29 is 29.0 Å². The van der Waals surface area contributed by atoms with Gasteiger partial charge in [0.1, 0.15) is 0 Å². The molecule has 2 heterocycles. The fraction of sp³-hybridized carbons (Fsp3) is 0.824. The molecule has 2 aliphatic carbocycles. The summed E-state index contributed by atoms with van der Waals surface area (Å²) in [6.45, 7) is 0. The number of aliphatic hydroxyl groups is 1. The number of esters is 3. The van der Waals surface area contributed by atoms with Crippen molar-refractivity contribution in [3.63, 3.8) is 0 Å². The number of aliphatic hydroxyl groups excluding tert-OH is 1. The first-order chi connectivity index (χ1) is 11.0. The van der Waals surface area contributed by atoms with E-state index in [1.54, 1.807) is 0 Å². The number of carbonyl (C=O) groups is 3. The third kappa shape index (κ3) is 2.57. The van der Waals surface area contributed by atoms with Crippen LogP contribution in [0.2, 0.25) is 0 Å². The highest BCUT2D eigenvalue weighted by molar-refractivity contribution is 5.96. The summed E-state index contributed by atoms with van der Waals surface area (Å²) < 4.78 is 9.71. The van der Waals surface area contributed by atoms with Crippen molar-refractivity contribution >= 4 is 17.9 Å². The molecule has 0 aromatic rings. The van der Waals surface area contributed by atoms with E-state index in [4.69, 9.17) is 9.47 Å². The Morgan fingerprint density at radius 1 is 0.826 bits per heavy atom. The zero-order valence-electron chi connectivity index (χ0n) is 13.0. The number of hydrogen-bond donors (Lipinski definition) is 1. The molecule has 0 aromatic carbocycles. The van der Waals surface area contributed by atoms with E-state index in [1.807, 2.05) is 0 Å². The van der Waals surface area contributed by atoms with Gasteiger partial charge in [-0.25, -0.2) is 0 Å². The Labute approximate surface area is 134 Å². The molecule has 0 radical (unpaired) electrons. The summed E-state index contributed by atoms with van der Waals surface area (Å²) in [6.07, 6.45) is 5.03. The van der Waals surface area contributed by atoms with E-state index in [1.165, 1.54) is 0 Å². The lowest BCUT2D eigenvalue weighted by Gasteiger charge is -2.34. The van der Waals surface area contributed by atoms with Gasteiger partial charge >= 0.3 is 17.9 Å². The normalized spacial score (nSPS) is 46.1. The molecule has 126 valence electrons. The van der Waals surface area contributed by atoms with Crippen LogP contribution in [0.5, 0.6) is 0 Å². The summed E-state index contributed by atoms with van der Waals surface area (Å²) in [5.41, 5.74) is 0. The van der Waals surface area contributed by atoms with Crippen LogP contribution in [0.3, 0.4) is 0 Å². The Balaban J connectivity index is 1.35. The van der Waals surface area contributed by atoms with Crippen LogP contribution in [0.4, 0.5) is 0 Å². The van der Waals surface area contributed by atoms with Crippen LogP contribution in [0, 0.1) is 35.5 Å². The van der Waals surface area contributed by atoms with Crippen LogP contribution < -0.4 is 0 Å². The van der Waals surface area contributed by atoms with E-state index >= 15 is 0 Å². The maximum atomic E-state index is 11.8. The molecule has 0 aromatic heterocycles. The van der Waals surface area contributed by atoms with E-state index in [0.717, 1.165) is 44.9 Å². The molecule has 6 heteroatoms. The SMILES string of the molecule is O=C1OC(=O)C2CC(CC3CCC4C(=O)OC(O)C4C3)CCC12. The van der Waals surface area contributed by atoms with Crippen LogP contribution in [0.1, 0.15) is 44.9 Å². The van der Waals surface area contributed by atoms with Crippen molar-refractivity contribution in [2.45, 2.75) is 51.2 Å².